The number of allylic oxidation sites excluding steroid dienone is 12. The van der Waals surface area contributed by atoms with E-state index in [1.165, 1.54) is 83.5 Å². The van der Waals surface area contributed by atoms with Crippen LogP contribution in [0.2, 0.25) is 0 Å². The molecule has 0 aromatic heterocycles. The minimum absolute atomic E-state index is 0.291. The Hall–Kier alpha value is -1.80. The fourth-order valence-electron chi connectivity index (χ4n) is 7.04. The van der Waals surface area contributed by atoms with Gasteiger partial charge in [-0.3, -0.25) is 4.90 Å². The van der Waals surface area contributed by atoms with Crippen molar-refractivity contribution in [3.8, 4) is 0 Å². The first kappa shape index (κ1) is 57.2. The number of aliphatic hydroxyl groups is 3. The van der Waals surface area contributed by atoms with Gasteiger partial charge in [-0.2, -0.15) is 0 Å². The Labute approximate surface area is 367 Å². The summed E-state index contributed by atoms with van der Waals surface area (Å²) in [6.07, 6.45) is 56.7. The van der Waals surface area contributed by atoms with Gasteiger partial charge in [0.2, 0.25) is 0 Å². The van der Waals surface area contributed by atoms with Gasteiger partial charge in [0, 0.05) is 45.8 Å². The quantitative estimate of drug-likeness (QED) is 0.0362. The van der Waals surface area contributed by atoms with Crippen LogP contribution in [-0.2, 0) is 0 Å². The van der Waals surface area contributed by atoms with Crippen LogP contribution in [0.3, 0.4) is 0 Å². The lowest BCUT2D eigenvalue weighted by Gasteiger charge is -2.29. The van der Waals surface area contributed by atoms with Crippen molar-refractivity contribution >= 4 is 0 Å². The summed E-state index contributed by atoms with van der Waals surface area (Å²) in [5, 5.41) is 36.0. The lowest BCUT2D eigenvalue weighted by atomic mass is 10.1. The molecule has 3 unspecified atom stereocenters. The molecule has 0 heterocycles. The Morgan fingerprint density at radius 1 is 0.407 bits per heavy atom. The van der Waals surface area contributed by atoms with Crippen molar-refractivity contribution in [3.05, 3.63) is 72.9 Å². The molecule has 0 aliphatic heterocycles. The van der Waals surface area contributed by atoms with Crippen molar-refractivity contribution in [3.63, 3.8) is 0 Å². The molecule has 0 bridgehead atoms. The zero-order valence-corrected chi connectivity index (χ0v) is 39.4. The predicted molar refractivity (Wildman–Crippen MR) is 261 cm³/mol. The maximum Gasteiger partial charge on any atom is 0.0667 e. The van der Waals surface area contributed by atoms with Gasteiger partial charge in [0.25, 0.3) is 0 Å². The second kappa shape index (κ2) is 47.3. The number of hydrogen-bond acceptors (Lipinski definition) is 6. The maximum atomic E-state index is 11.0. The van der Waals surface area contributed by atoms with E-state index in [0.29, 0.717) is 19.6 Å². The molecule has 0 saturated carbocycles. The molecule has 344 valence electrons. The van der Waals surface area contributed by atoms with E-state index in [0.717, 1.165) is 116 Å². The molecule has 0 fully saturated rings. The van der Waals surface area contributed by atoms with Gasteiger partial charge >= 0.3 is 0 Å². The summed E-state index contributed by atoms with van der Waals surface area (Å²) in [5.41, 5.74) is 0. The number of aliphatic hydroxyl groups excluding tert-OH is 3. The topological polar surface area (TPSA) is 79.2 Å². The van der Waals surface area contributed by atoms with Gasteiger partial charge in [-0.05, 0) is 103 Å². The van der Waals surface area contributed by atoms with Crippen LogP contribution in [0.4, 0.5) is 0 Å². The largest absolute Gasteiger partial charge is 0.392 e. The molecule has 0 aromatic carbocycles. The van der Waals surface area contributed by atoms with E-state index >= 15 is 0 Å². The van der Waals surface area contributed by atoms with Crippen molar-refractivity contribution < 1.29 is 15.3 Å². The van der Waals surface area contributed by atoms with Crippen molar-refractivity contribution in [1.29, 1.82) is 0 Å². The fraction of sp³-hybridized carbons (Fsp3) is 0.774. The van der Waals surface area contributed by atoms with Gasteiger partial charge in [-0.1, -0.05) is 171 Å². The number of likely N-dealkylation sites (N-methyl/N-ethyl adjacent to an activating group) is 1. The Morgan fingerprint density at radius 3 is 1.14 bits per heavy atom. The molecule has 6 heteroatoms. The second-order valence-electron chi connectivity index (χ2n) is 17.1. The normalized spacial score (nSPS) is 14.4. The standard InChI is InChI=1S/C53H99N3O3/c1-5-8-11-14-17-20-23-26-29-32-35-38-41-51(57)48-54-44-45-55(4)46-47-56(49-52(58)42-39-36-33-30-27-24-21-18-15-12-9-6-2)50-53(59)43-40-37-34-31-28-25-22-19-16-13-10-7-3/h14-19,23-28,51-54,57-59H,5-13,20-22,29-50H2,1-4H3/b17-14-,18-15-,19-16-,26-23-,27-24-,28-25-. The van der Waals surface area contributed by atoms with Gasteiger partial charge in [0.1, 0.15) is 0 Å². The van der Waals surface area contributed by atoms with Crippen molar-refractivity contribution in [2.45, 2.75) is 212 Å². The van der Waals surface area contributed by atoms with Crippen molar-refractivity contribution in [1.82, 2.24) is 15.1 Å². The molecule has 0 aliphatic carbocycles. The van der Waals surface area contributed by atoms with Crippen molar-refractivity contribution in [2.75, 3.05) is 52.9 Å². The van der Waals surface area contributed by atoms with Crippen LogP contribution in [0, 0.1) is 0 Å². The van der Waals surface area contributed by atoms with Gasteiger partial charge < -0.3 is 25.5 Å². The monoisotopic (exact) mass is 826 g/mol. The van der Waals surface area contributed by atoms with Crippen LogP contribution in [0.5, 0.6) is 0 Å². The molecule has 4 N–H and O–H groups in total. The van der Waals surface area contributed by atoms with E-state index in [1.54, 1.807) is 0 Å². The summed E-state index contributed by atoms with van der Waals surface area (Å²) in [7, 11) is 2.15. The first-order valence-electron chi connectivity index (χ1n) is 25.0. The van der Waals surface area contributed by atoms with Gasteiger partial charge in [-0.25, -0.2) is 0 Å². The van der Waals surface area contributed by atoms with Crippen LogP contribution >= 0.6 is 0 Å². The summed E-state index contributed by atoms with van der Waals surface area (Å²) < 4.78 is 0. The summed E-state index contributed by atoms with van der Waals surface area (Å²) in [5.74, 6) is 0. The van der Waals surface area contributed by atoms with E-state index in [2.05, 4.69) is 116 Å². The zero-order chi connectivity index (χ0) is 43.1. The Morgan fingerprint density at radius 2 is 0.763 bits per heavy atom. The first-order chi connectivity index (χ1) is 28.9. The number of nitrogens with one attached hydrogen (secondary N) is 1. The SMILES string of the molecule is CCCC/C=C\C/C=C\CCCCCC(O)CNCCN(C)CCN(CC(O)CCCCC/C=C\C/C=C\CCCC)CC(O)CCCCC/C=C\C/C=C\CCCC. The molecule has 0 saturated heterocycles. The molecule has 0 aromatic rings. The van der Waals surface area contributed by atoms with E-state index in [1.807, 2.05) is 0 Å². The predicted octanol–water partition coefficient (Wildman–Crippen LogP) is 12.8. The van der Waals surface area contributed by atoms with Crippen LogP contribution in [0.1, 0.15) is 194 Å². The number of hydrogen-bond donors (Lipinski definition) is 4. The summed E-state index contributed by atoms with van der Waals surface area (Å²) in [6.45, 7) is 12.0. The number of unbranched alkanes of at least 4 members (excludes halogenated alkanes) is 15. The van der Waals surface area contributed by atoms with Gasteiger partial charge in [0.05, 0.1) is 18.3 Å². The van der Waals surface area contributed by atoms with Crippen LogP contribution < -0.4 is 5.32 Å². The average molecular weight is 826 g/mol. The summed E-state index contributed by atoms with van der Waals surface area (Å²) in [6, 6.07) is 0. The van der Waals surface area contributed by atoms with Gasteiger partial charge in [0.15, 0.2) is 0 Å². The highest BCUT2D eigenvalue weighted by atomic mass is 16.3. The molecule has 0 aliphatic rings. The minimum Gasteiger partial charge on any atom is -0.392 e. The Bertz CT molecular complexity index is 973. The molecular formula is C53H99N3O3. The lowest BCUT2D eigenvalue weighted by Crippen LogP contribution is -2.43. The van der Waals surface area contributed by atoms with Crippen LogP contribution in [-0.4, -0.2) is 96.3 Å². The molecule has 0 rings (SSSR count). The molecule has 6 nitrogen and oxygen atoms in total. The smallest absolute Gasteiger partial charge is 0.0667 e. The third-order valence-corrected chi connectivity index (χ3v) is 11.0. The highest BCUT2D eigenvalue weighted by Crippen LogP contribution is 2.12. The zero-order valence-electron chi connectivity index (χ0n) is 39.4. The molecule has 0 amide bonds. The highest BCUT2D eigenvalue weighted by molar-refractivity contribution is 4.94. The maximum absolute atomic E-state index is 11.0. The third kappa shape index (κ3) is 45.6. The fourth-order valence-corrected chi connectivity index (χ4v) is 7.04. The second-order valence-corrected chi connectivity index (χ2v) is 17.1. The lowest BCUT2D eigenvalue weighted by molar-refractivity contribution is 0.0564. The minimum atomic E-state index is -0.369. The third-order valence-electron chi connectivity index (χ3n) is 11.0. The Kier molecular flexibility index (Phi) is 45.8. The van der Waals surface area contributed by atoms with E-state index in [-0.39, 0.29) is 18.3 Å². The van der Waals surface area contributed by atoms with Crippen LogP contribution in [0.15, 0.2) is 72.9 Å². The summed E-state index contributed by atoms with van der Waals surface area (Å²) in [4.78, 5) is 4.61. The summed E-state index contributed by atoms with van der Waals surface area (Å²) >= 11 is 0. The van der Waals surface area contributed by atoms with Gasteiger partial charge in [-0.15, -0.1) is 0 Å². The van der Waals surface area contributed by atoms with E-state index < -0.39 is 0 Å². The van der Waals surface area contributed by atoms with E-state index in [9.17, 15) is 15.3 Å². The highest BCUT2D eigenvalue weighted by Gasteiger charge is 2.16. The number of nitrogens with zero attached hydrogens (tertiary/aromatic N) is 2. The number of rotatable bonds is 45. The molecule has 59 heavy (non-hydrogen) atoms. The Balaban J connectivity index is 4.51. The first-order valence-corrected chi connectivity index (χ1v) is 25.0. The van der Waals surface area contributed by atoms with Crippen molar-refractivity contribution in [2.24, 2.45) is 0 Å². The van der Waals surface area contributed by atoms with E-state index in [4.69, 9.17) is 0 Å². The molecule has 0 spiro atoms. The molecule has 3 atom stereocenters. The average Bonchev–Trinajstić information content (AvgIpc) is 3.22. The molecular weight excluding hydrogens is 727 g/mol. The van der Waals surface area contributed by atoms with Crippen LogP contribution in [0.25, 0.3) is 0 Å². The molecule has 0 radical (unpaired) electrons.